The number of aryl methyl sites for hydroxylation is 2. The Morgan fingerprint density at radius 2 is 1.78 bits per heavy atom. The van der Waals surface area contributed by atoms with Crippen LogP contribution in [0.2, 0.25) is 5.02 Å². The third-order valence-corrected chi connectivity index (χ3v) is 6.74. The number of halogens is 1. The highest BCUT2D eigenvalue weighted by Gasteiger charge is 2.16. The standard InChI is InChI=1S/C28H24ClN5O2S/c1-18-6-7-20(14-19(18)2)16-31-34-27(35)24-15-21(29)8-9-25(24)33-28(36)26-5-3-4-22(32-26)17-37-23-10-12-30-13-11-23/h3-16H,17H2,1-2H3,(H,33,36)(H,34,35). The zero-order chi connectivity index (χ0) is 26.2. The number of aromatic nitrogens is 2. The van der Waals surface area contributed by atoms with Crippen LogP contribution >= 0.6 is 23.4 Å². The number of carbonyl (C=O) groups excluding carboxylic acids is 2. The van der Waals surface area contributed by atoms with Crippen LogP contribution in [-0.2, 0) is 5.75 Å². The molecule has 0 aliphatic heterocycles. The first-order valence-electron chi connectivity index (χ1n) is 11.4. The molecule has 2 amide bonds. The predicted octanol–water partition coefficient (Wildman–Crippen LogP) is 6.06. The summed E-state index contributed by atoms with van der Waals surface area (Å²) in [7, 11) is 0. The molecule has 0 radical (unpaired) electrons. The summed E-state index contributed by atoms with van der Waals surface area (Å²) in [5.74, 6) is -0.350. The van der Waals surface area contributed by atoms with Crippen molar-refractivity contribution in [1.29, 1.82) is 0 Å². The van der Waals surface area contributed by atoms with Crippen molar-refractivity contribution in [3.63, 3.8) is 0 Å². The number of amides is 2. The molecule has 2 aromatic carbocycles. The number of carbonyl (C=O) groups is 2. The molecule has 4 rings (SSSR count). The van der Waals surface area contributed by atoms with E-state index in [0.717, 1.165) is 21.7 Å². The van der Waals surface area contributed by atoms with Gasteiger partial charge in [-0.3, -0.25) is 14.6 Å². The summed E-state index contributed by atoms with van der Waals surface area (Å²) in [5.41, 5.74) is 7.13. The van der Waals surface area contributed by atoms with Crippen molar-refractivity contribution in [3.05, 3.63) is 118 Å². The lowest BCUT2D eigenvalue weighted by molar-refractivity contribution is 0.0956. The fourth-order valence-electron chi connectivity index (χ4n) is 3.35. The average Bonchev–Trinajstić information content (AvgIpc) is 2.91. The number of nitrogens with zero attached hydrogens (tertiary/aromatic N) is 3. The Morgan fingerprint density at radius 3 is 2.57 bits per heavy atom. The van der Waals surface area contributed by atoms with Gasteiger partial charge in [0.1, 0.15) is 5.69 Å². The zero-order valence-corrected chi connectivity index (χ0v) is 21.8. The van der Waals surface area contributed by atoms with E-state index in [4.69, 9.17) is 11.6 Å². The van der Waals surface area contributed by atoms with E-state index in [1.54, 1.807) is 54.6 Å². The summed E-state index contributed by atoms with van der Waals surface area (Å²) in [6.45, 7) is 4.04. The van der Waals surface area contributed by atoms with Crippen molar-refractivity contribution in [2.75, 3.05) is 5.32 Å². The van der Waals surface area contributed by atoms with Crippen molar-refractivity contribution in [2.45, 2.75) is 24.5 Å². The predicted molar refractivity (Wildman–Crippen MR) is 148 cm³/mol. The third kappa shape index (κ3) is 7.25. The number of pyridine rings is 2. The second-order valence-corrected chi connectivity index (χ2v) is 9.66. The second kappa shape index (κ2) is 12.3. The molecule has 0 spiro atoms. The van der Waals surface area contributed by atoms with Gasteiger partial charge >= 0.3 is 0 Å². The fraction of sp³-hybridized carbons (Fsp3) is 0.107. The number of hydrogen-bond acceptors (Lipinski definition) is 6. The Balaban J connectivity index is 1.44. The maximum absolute atomic E-state index is 13.0. The molecular formula is C28H24ClN5O2S. The molecule has 2 heterocycles. The molecule has 2 aromatic heterocycles. The maximum atomic E-state index is 13.0. The minimum atomic E-state index is -0.506. The summed E-state index contributed by atoms with van der Waals surface area (Å²) in [6, 6.07) is 19.6. The number of anilines is 1. The number of hydrogen-bond donors (Lipinski definition) is 2. The molecule has 0 atom stereocenters. The van der Waals surface area contributed by atoms with E-state index in [1.807, 2.05) is 50.2 Å². The van der Waals surface area contributed by atoms with Crippen LogP contribution in [0.15, 0.2) is 89.1 Å². The zero-order valence-electron chi connectivity index (χ0n) is 20.2. The van der Waals surface area contributed by atoms with Crippen LogP contribution in [0.5, 0.6) is 0 Å². The molecule has 4 aromatic rings. The van der Waals surface area contributed by atoms with Gasteiger partial charge in [0.25, 0.3) is 11.8 Å². The van der Waals surface area contributed by atoms with Crippen LogP contribution in [0.25, 0.3) is 0 Å². The Labute approximate surface area is 224 Å². The summed E-state index contributed by atoms with van der Waals surface area (Å²) < 4.78 is 0. The van der Waals surface area contributed by atoms with E-state index in [1.165, 1.54) is 11.6 Å². The van der Waals surface area contributed by atoms with Gasteiger partial charge in [-0.2, -0.15) is 5.10 Å². The molecule has 37 heavy (non-hydrogen) atoms. The number of thioether (sulfide) groups is 1. The van der Waals surface area contributed by atoms with Gasteiger partial charge in [-0.1, -0.05) is 35.9 Å². The molecule has 0 unspecified atom stereocenters. The van der Waals surface area contributed by atoms with Crippen molar-refractivity contribution in [2.24, 2.45) is 5.10 Å². The van der Waals surface area contributed by atoms with Crippen molar-refractivity contribution in [1.82, 2.24) is 15.4 Å². The van der Waals surface area contributed by atoms with Gasteiger partial charge in [0.15, 0.2) is 0 Å². The molecule has 9 heteroatoms. The quantitative estimate of drug-likeness (QED) is 0.164. The highest BCUT2D eigenvalue weighted by atomic mass is 35.5. The van der Waals surface area contributed by atoms with Gasteiger partial charge in [0.05, 0.1) is 23.2 Å². The normalized spacial score (nSPS) is 10.9. The topological polar surface area (TPSA) is 96.3 Å². The third-order valence-electron chi connectivity index (χ3n) is 5.46. The molecular weight excluding hydrogens is 506 g/mol. The lowest BCUT2D eigenvalue weighted by Gasteiger charge is -2.11. The molecule has 186 valence electrons. The Bertz CT molecular complexity index is 1460. The van der Waals surface area contributed by atoms with Crippen molar-refractivity contribution in [3.8, 4) is 0 Å². The largest absolute Gasteiger partial charge is 0.320 e. The molecule has 2 N–H and O–H groups in total. The van der Waals surface area contributed by atoms with Gasteiger partial charge < -0.3 is 5.32 Å². The van der Waals surface area contributed by atoms with Gasteiger partial charge in [0, 0.05) is 28.1 Å². The van der Waals surface area contributed by atoms with Gasteiger partial charge in [-0.15, -0.1) is 11.8 Å². The van der Waals surface area contributed by atoms with E-state index < -0.39 is 11.8 Å². The summed E-state index contributed by atoms with van der Waals surface area (Å²) in [6.07, 6.45) is 5.02. The van der Waals surface area contributed by atoms with E-state index in [9.17, 15) is 9.59 Å². The van der Waals surface area contributed by atoms with Crippen LogP contribution in [0.3, 0.4) is 0 Å². The molecule has 7 nitrogen and oxygen atoms in total. The SMILES string of the molecule is Cc1ccc(C=NNC(=O)c2cc(Cl)ccc2NC(=O)c2cccc(CSc3ccncc3)n2)cc1C. The average molecular weight is 530 g/mol. The molecule has 0 bridgehead atoms. The lowest BCUT2D eigenvalue weighted by atomic mass is 10.1. The van der Waals surface area contributed by atoms with Crippen molar-refractivity contribution >= 4 is 47.1 Å². The number of nitrogens with one attached hydrogen (secondary N) is 2. The molecule has 0 saturated heterocycles. The van der Waals surface area contributed by atoms with Crippen molar-refractivity contribution < 1.29 is 9.59 Å². The van der Waals surface area contributed by atoms with Gasteiger partial charge in [0.2, 0.25) is 0 Å². The van der Waals surface area contributed by atoms with Crippen LogP contribution in [-0.4, -0.2) is 28.0 Å². The highest BCUT2D eigenvalue weighted by Crippen LogP contribution is 2.23. The maximum Gasteiger partial charge on any atom is 0.274 e. The summed E-state index contributed by atoms with van der Waals surface area (Å²) in [5, 5.41) is 7.18. The van der Waals surface area contributed by atoms with E-state index in [2.05, 4.69) is 25.8 Å². The first-order chi connectivity index (χ1) is 17.9. The van der Waals surface area contributed by atoms with Gasteiger partial charge in [-0.25, -0.2) is 10.4 Å². The number of benzene rings is 2. The van der Waals surface area contributed by atoms with E-state index >= 15 is 0 Å². The molecule has 0 aliphatic carbocycles. The first-order valence-corrected chi connectivity index (χ1v) is 12.8. The van der Waals surface area contributed by atoms with Crippen LogP contribution < -0.4 is 10.7 Å². The Kier molecular flexibility index (Phi) is 8.66. The molecule has 0 fully saturated rings. The van der Waals surface area contributed by atoms with Crippen LogP contribution in [0.1, 0.15) is 43.2 Å². The lowest BCUT2D eigenvalue weighted by Crippen LogP contribution is -2.22. The first kappa shape index (κ1) is 26.1. The molecule has 0 aliphatic rings. The van der Waals surface area contributed by atoms with E-state index in [0.29, 0.717) is 16.5 Å². The van der Waals surface area contributed by atoms with Crippen LogP contribution in [0, 0.1) is 13.8 Å². The Morgan fingerprint density at radius 1 is 0.973 bits per heavy atom. The van der Waals surface area contributed by atoms with E-state index in [-0.39, 0.29) is 11.3 Å². The minimum Gasteiger partial charge on any atom is -0.320 e. The molecule has 0 saturated carbocycles. The van der Waals surface area contributed by atoms with Gasteiger partial charge in [-0.05, 0) is 73.0 Å². The number of rotatable bonds is 8. The Hall–Kier alpha value is -4.01. The smallest absolute Gasteiger partial charge is 0.274 e. The summed E-state index contributed by atoms with van der Waals surface area (Å²) >= 11 is 7.73. The minimum absolute atomic E-state index is 0.183. The monoisotopic (exact) mass is 529 g/mol. The fourth-order valence-corrected chi connectivity index (χ4v) is 4.31. The number of hydrazone groups is 1. The highest BCUT2D eigenvalue weighted by molar-refractivity contribution is 7.98. The van der Waals surface area contributed by atoms with Crippen LogP contribution in [0.4, 0.5) is 5.69 Å². The summed E-state index contributed by atoms with van der Waals surface area (Å²) in [4.78, 5) is 35.4. The second-order valence-electron chi connectivity index (χ2n) is 8.17.